The summed E-state index contributed by atoms with van der Waals surface area (Å²) < 4.78 is 0. The number of carboxylic acid groups (broad SMARTS) is 2. The summed E-state index contributed by atoms with van der Waals surface area (Å²) in [6, 6.07) is 7.47. The first-order chi connectivity index (χ1) is 15.5. The molecule has 1 aromatic rings. The largest absolute Gasteiger partial charge is 0.508 e. The Kier molecular flexibility index (Phi) is 9.25. The molecule has 2 aliphatic carbocycles. The topological polar surface area (TPSA) is 140 Å². The molecule has 1 aromatic carbocycles. The molecule has 2 aliphatic rings. The number of benzene rings is 1. The third-order valence-corrected chi connectivity index (χ3v) is 7.04. The van der Waals surface area contributed by atoms with Crippen molar-refractivity contribution >= 4 is 18.2 Å². The van der Waals surface area contributed by atoms with E-state index in [-0.39, 0.29) is 11.3 Å². The van der Waals surface area contributed by atoms with E-state index < -0.39 is 17.5 Å². The van der Waals surface area contributed by atoms with Crippen LogP contribution in [0.2, 0.25) is 0 Å². The third-order valence-electron chi connectivity index (χ3n) is 7.04. The highest BCUT2D eigenvalue weighted by molar-refractivity contribution is 6.27. The minimum Gasteiger partial charge on any atom is -0.508 e. The van der Waals surface area contributed by atoms with Crippen molar-refractivity contribution in [3.05, 3.63) is 29.8 Å². The van der Waals surface area contributed by atoms with Crippen LogP contribution in [0.15, 0.2) is 29.4 Å². The predicted octanol–water partition coefficient (Wildman–Crippen LogP) is 2.60. The second-order valence-corrected chi connectivity index (χ2v) is 9.57. The van der Waals surface area contributed by atoms with Gasteiger partial charge in [-0.2, -0.15) is 0 Å². The van der Waals surface area contributed by atoms with Crippen LogP contribution >= 0.6 is 0 Å². The SMILES string of the molecule is CN(C)CCO/N=C/[C@H]1CC[C@]2(O)C[C@@H](Cc3ccc(O)cc3)CC[C@]12C.O=C(O)C(=O)O. The van der Waals surface area contributed by atoms with Gasteiger partial charge in [0, 0.05) is 24.1 Å². The van der Waals surface area contributed by atoms with E-state index in [0.29, 0.717) is 18.3 Å². The first-order valence-electron chi connectivity index (χ1n) is 11.2. The Hall–Kier alpha value is -2.65. The molecule has 9 heteroatoms. The fraction of sp³-hybridized carbons (Fsp3) is 0.625. The van der Waals surface area contributed by atoms with Gasteiger partial charge in [0.25, 0.3) is 0 Å². The minimum atomic E-state index is -1.82. The third kappa shape index (κ3) is 7.17. The van der Waals surface area contributed by atoms with Gasteiger partial charge in [0.15, 0.2) is 0 Å². The van der Waals surface area contributed by atoms with Crippen molar-refractivity contribution in [1.82, 2.24) is 4.90 Å². The fourth-order valence-electron chi connectivity index (χ4n) is 4.95. The van der Waals surface area contributed by atoms with Crippen LogP contribution in [0.25, 0.3) is 0 Å². The van der Waals surface area contributed by atoms with E-state index in [1.165, 1.54) is 5.56 Å². The monoisotopic (exact) mass is 464 g/mol. The number of carbonyl (C=O) groups is 2. The van der Waals surface area contributed by atoms with Gasteiger partial charge in [0.1, 0.15) is 12.4 Å². The summed E-state index contributed by atoms with van der Waals surface area (Å²) in [5, 5.41) is 39.9. The van der Waals surface area contributed by atoms with E-state index in [4.69, 9.17) is 24.6 Å². The number of phenols is 1. The Bertz CT molecular complexity index is 815. The van der Waals surface area contributed by atoms with Crippen LogP contribution in [-0.2, 0) is 20.8 Å². The summed E-state index contributed by atoms with van der Waals surface area (Å²) in [5.41, 5.74) is 0.496. The van der Waals surface area contributed by atoms with Gasteiger partial charge in [-0.25, -0.2) is 9.59 Å². The molecule has 4 atom stereocenters. The first kappa shape index (κ1) is 26.6. The normalized spacial score (nSPS) is 28.8. The molecule has 2 fully saturated rings. The number of fused-ring (bicyclic) bond motifs is 1. The van der Waals surface area contributed by atoms with E-state index in [1.807, 2.05) is 32.4 Å². The van der Waals surface area contributed by atoms with Crippen LogP contribution < -0.4 is 0 Å². The summed E-state index contributed by atoms with van der Waals surface area (Å²) >= 11 is 0. The highest BCUT2D eigenvalue weighted by Crippen LogP contribution is 2.58. The summed E-state index contributed by atoms with van der Waals surface area (Å²) in [6.07, 6.45) is 7.69. The van der Waals surface area contributed by atoms with Crippen molar-refractivity contribution in [2.24, 2.45) is 22.4 Å². The average molecular weight is 465 g/mol. The molecule has 2 saturated carbocycles. The number of likely N-dealkylation sites (N-methyl/N-ethyl adjacent to an activating group) is 1. The number of aromatic hydroxyl groups is 1. The van der Waals surface area contributed by atoms with Crippen molar-refractivity contribution in [2.45, 2.75) is 51.0 Å². The van der Waals surface area contributed by atoms with E-state index >= 15 is 0 Å². The number of hydrogen-bond acceptors (Lipinski definition) is 7. The maximum absolute atomic E-state index is 11.5. The van der Waals surface area contributed by atoms with Crippen LogP contribution in [-0.4, -0.2) is 76.3 Å². The molecule has 3 rings (SSSR count). The van der Waals surface area contributed by atoms with Gasteiger partial charge in [-0.3, -0.25) is 0 Å². The van der Waals surface area contributed by atoms with Crippen LogP contribution in [0.4, 0.5) is 0 Å². The molecule has 0 radical (unpaired) electrons. The smallest absolute Gasteiger partial charge is 0.414 e. The lowest BCUT2D eigenvalue weighted by Gasteiger charge is -2.48. The quantitative estimate of drug-likeness (QED) is 0.209. The average Bonchev–Trinajstić information content (AvgIpc) is 3.00. The maximum Gasteiger partial charge on any atom is 0.414 e. The molecule has 0 aliphatic heterocycles. The molecule has 33 heavy (non-hydrogen) atoms. The molecule has 0 bridgehead atoms. The Morgan fingerprint density at radius 3 is 2.36 bits per heavy atom. The summed E-state index contributed by atoms with van der Waals surface area (Å²) in [7, 11) is 4.03. The molecule has 9 nitrogen and oxygen atoms in total. The van der Waals surface area contributed by atoms with Gasteiger partial charge in [-0.1, -0.05) is 24.2 Å². The van der Waals surface area contributed by atoms with E-state index in [1.54, 1.807) is 12.1 Å². The van der Waals surface area contributed by atoms with Gasteiger partial charge < -0.3 is 30.2 Å². The highest BCUT2D eigenvalue weighted by Gasteiger charge is 2.58. The van der Waals surface area contributed by atoms with Crippen LogP contribution in [0.1, 0.15) is 44.6 Å². The minimum absolute atomic E-state index is 0.118. The number of hydrogen-bond donors (Lipinski definition) is 4. The Morgan fingerprint density at radius 1 is 1.15 bits per heavy atom. The van der Waals surface area contributed by atoms with Crippen LogP contribution in [0.3, 0.4) is 0 Å². The highest BCUT2D eigenvalue weighted by atomic mass is 16.6. The van der Waals surface area contributed by atoms with E-state index in [2.05, 4.69) is 17.0 Å². The number of carboxylic acids is 2. The molecule has 0 heterocycles. The van der Waals surface area contributed by atoms with Gasteiger partial charge in [-0.15, -0.1) is 0 Å². The Morgan fingerprint density at radius 2 is 1.79 bits per heavy atom. The molecular weight excluding hydrogens is 428 g/mol. The molecule has 0 aromatic heterocycles. The van der Waals surface area contributed by atoms with Gasteiger partial charge in [0.2, 0.25) is 0 Å². The van der Waals surface area contributed by atoms with Crippen molar-refractivity contribution in [3.63, 3.8) is 0 Å². The summed E-state index contributed by atoms with van der Waals surface area (Å²) in [4.78, 5) is 25.7. The number of oxime groups is 1. The molecule has 4 N–H and O–H groups in total. The first-order valence-corrected chi connectivity index (χ1v) is 11.2. The lowest BCUT2D eigenvalue weighted by atomic mass is 9.59. The number of nitrogens with zero attached hydrogens (tertiary/aromatic N) is 2. The standard InChI is InChI=1S/C22H34N2O3.C2H2O4/c1-21-10-8-18(14-17-4-6-20(25)7-5-17)15-22(21,26)11-9-19(21)16-23-27-13-12-24(2)3;3-1(4)2(5)6/h4-7,16,18-19,25-26H,8-15H2,1-3H3;(H,3,4)(H,5,6)/b23-16+;/t18-,19-,21-,22+;/m1./s1. The number of rotatable bonds is 7. The van der Waals surface area contributed by atoms with E-state index in [9.17, 15) is 10.2 Å². The van der Waals surface area contributed by atoms with Crippen LogP contribution in [0, 0.1) is 17.3 Å². The van der Waals surface area contributed by atoms with Gasteiger partial charge in [0.05, 0.1) is 5.60 Å². The van der Waals surface area contributed by atoms with Crippen LogP contribution in [0.5, 0.6) is 5.75 Å². The number of aliphatic hydroxyl groups is 1. The lowest BCUT2D eigenvalue weighted by Crippen LogP contribution is -2.50. The molecular formula is C24H36N2O7. The zero-order chi connectivity index (χ0) is 24.6. The molecule has 0 spiro atoms. The maximum atomic E-state index is 11.5. The van der Waals surface area contributed by atoms with Gasteiger partial charge in [-0.05, 0) is 76.2 Å². The molecule has 0 amide bonds. The van der Waals surface area contributed by atoms with Gasteiger partial charge >= 0.3 is 11.9 Å². The van der Waals surface area contributed by atoms with Crippen molar-refractivity contribution in [3.8, 4) is 5.75 Å². The lowest BCUT2D eigenvalue weighted by molar-refractivity contribution is -0.159. The molecule has 184 valence electrons. The summed E-state index contributed by atoms with van der Waals surface area (Å²) in [6.45, 7) is 3.67. The Labute approximate surface area is 194 Å². The van der Waals surface area contributed by atoms with Crippen molar-refractivity contribution in [1.29, 1.82) is 0 Å². The number of phenolic OH excluding ortho intramolecular Hbond substituents is 1. The second kappa shape index (κ2) is 11.5. The zero-order valence-corrected chi connectivity index (χ0v) is 19.6. The molecule has 0 unspecified atom stereocenters. The predicted molar refractivity (Wildman–Crippen MR) is 123 cm³/mol. The fourth-order valence-corrected chi connectivity index (χ4v) is 4.95. The summed E-state index contributed by atoms with van der Waals surface area (Å²) in [5.74, 6) is -2.58. The Balaban J connectivity index is 0.000000569. The van der Waals surface area contributed by atoms with E-state index in [0.717, 1.165) is 45.1 Å². The molecule has 0 saturated heterocycles. The zero-order valence-electron chi connectivity index (χ0n) is 19.6. The van der Waals surface area contributed by atoms with Crippen molar-refractivity contribution in [2.75, 3.05) is 27.2 Å². The number of aliphatic carboxylic acids is 2. The van der Waals surface area contributed by atoms with Crippen molar-refractivity contribution < 1.29 is 34.9 Å². The second-order valence-electron chi connectivity index (χ2n) is 9.57.